The molecule has 0 saturated carbocycles. The second-order valence-electron chi connectivity index (χ2n) is 5.20. The van der Waals surface area contributed by atoms with Crippen LogP contribution in [0.1, 0.15) is 43.7 Å². The smallest absolute Gasteiger partial charge is 0.00218 e. The Kier molecular flexibility index (Phi) is 4.00. The standard InChI is InChI=1S/C15H23N/c1-13(2)15-7-5-14(6-8-15)9-12-16-10-3-4-11-16/h5-8,13H,3-4,9-12H2,1-2H3. The average Bonchev–Trinajstić information content (AvgIpc) is 2.80. The zero-order chi connectivity index (χ0) is 11.4. The van der Waals surface area contributed by atoms with Crippen molar-refractivity contribution in [2.24, 2.45) is 0 Å². The lowest BCUT2D eigenvalue weighted by Crippen LogP contribution is -2.21. The highest BCUT2D eigenvalue weighted by Gasteiger charge is 2.10. The lowest BCUT2D eigenvalue weighted by Gasteiger charge is -2.14. The van der Waals surface area contributed by atoms with Crippen molar-refractivity contribution in [3.8, 4) is 0 Å². The normalized spacial score (nSPS) is 17.2. The number of rotatable bonds is 4. The molecule has 88 valence electrons. The van der Waals surface area contributed by atoms with Crippen LogP contribution in [0.4, 0.5) is 0 Å². The van der Waals surface area contributed by atoms with E-state index in [9.17, 15) is 0 Å². The summed E-state index contributed by atoms with van der Waals surface area (Å²) in [7, 11) is 0. The number of nitrogens with zero attached hydrogens (tertiary/aromatic N) is 1. The Bertz CT molecular complexity index is 307. The highest BCUT2D eigenvalue weighted by atomic mass is 15.1. The van der Waals surface area contributed by atoms with Gasteiger partial charge in [0.25, 0.3) is 0 Å². The van der Waals surface area contributed by atoms with Crippen molar-refractivity contribution in [3.63, 3.8) is 0 Å². The van der Waals surface area contributed by atoms with Gasteiger partial charge in [0, 0.05) is 6.54 Å². The van der Waals surface area contributed by atoms with Crippen LogP contribution in [0, 0.1) is 0 Å². The van der Waals surface area contributed by atoms with Crippen molar-refractivity contribution in [2.75, 3.05) is 19.6 Å². The summed E-state index contributed by atoms with van der Waals surface area (Å²) in [6.45, 7) is 8.35. The van der Waals surface area contributed by atoms with Gasteiger partial charge in [0.2, 0.25) is 0 Å². The molecule has 1 saturated heterocycles. The molecule has 0 N–H and O–H groups in total. The Morgan fingerprint density at radius 3 is 2.25 bits per heavy atom. The predicted molar refractivity (Wildman–Crippen MR) is 69.9 cm³/mol. The summed E-state index contributed by atoms with van der Waals surface area (Å²) in [6.07, 6.45) is 4.00. The Morgan fingerprint density at radius 1 is 1.06 bits per heavy atom. The molecular weight excluding hydrogens is 194 g/mol. The minimum atomic E-state index is 0.646. The molecule has 0 amide bonds. The zero-order valence-corrected chi connectivity index (χ0v) is 10.6. The monoisotopic (exact) mass is 217 g/mol. The minimum absolute atomic E-state index is 0.646. The predicted octanol–water partition coefficient (Wildman–Crippen LogP) is 3.45. The maximum absolute atomic E-state index is 2.58. The van der Waals surface area contributed by atoms with E-state index in [1.165, 1.54) is 50.0 Å². The van der Waals surface area contributed by atoms with Crippen molar-refractivity contribution in [3.05, 3.63) is 35.4 Å². The van der Waals surface area contributed by atoms with Crippen molar-refractivity contribution >= 4 is 0 Å². The lowest BCUT2D eigenvalue weighted by atomic mass is 10.0. The molecule has 0 aromatic heterocycles. The highest BCUT2D eigenvalue weighted by Crippen LogP contribution is 2.15. The summed E-state index contributed by atoms with van der Waals surface area (Å²) in [5, 5.41) is 0. The fourth-order valence-electron chi connectivity index (χ4n) is 2.36. The molecule has 1 aliphatic heterocycles. The molecule has 1 nitrogen and oxygen atoms in total. The largest absolute Gasteiger partial charge is 0.303 e. The van der Waals surface area contributed by atoms with Gasteiger partial charge >= 0.3 is 0 Å². The molecule has 0 aliphatic carbocycles. The molecule has 2 rings (SSSR count). The van der Waals surface area contributed by atoms with Crippen LogP contribution in [0.15, 0.2) is 24.3 Å². The maximum Gasteiger partial charge on any atom is 0.00218 e. The van der Waals surface area contributed by atoms with Crippen LogP contribution >= 0.6 is 0 Å². The van der Waals surface area contributed by atoms with E-state index in [2.05, 4.69) is 43.0 Å². The van der Waals surface area contributed by atoms with E-state index in [4.69, 9.17) is 0 Å². The molecule has 1 aromatic carbocycles. The van der Waals surface area contributed by atoms with Gasteiger partial charge in [-0.3, -0.25) is 0 Å². The number of hydrogen-bond donors (Lipinski definition) is 0. The average molecular weight is 217 g/mol. The first-order chi connectivity index (χ1) is 7.75. The fourth-order valence-corrected chi connectivity index (χ4v) is 2.36. The lowest BCUT2D eigenvalue weighted by molar-refractivity contribution is 0.343. The molecule has 1 heterocycles. The van der Waals surface area contributed by atoms with E-state index in [0.29, 0.717) is 5.92 Å². The fraction of sp³-hybridized carbons (Fsp3) is 0.600. The Labute approximate surface area is 99.5 Å². The molecular formula is C15H23N. The highest BCUT2D eigenvalue weighted by molar-refractivity contribution is 5.24. The van der Waals surface area contributed by atoms with E-state index in [-0.39, 0.29) is 0 Å². The van der Waals surface area contributed by atoms with Gasteiger partial charge in [-0.1, -0.05) is 38.1 Å². The minimum Gasteiger partial charge on any atom is -0.303 e. The number of hydrogen-bond acceptors (Lipinski definition) is 1. The first-order valence-corrected chi connectivity index (χ1v) is 6.57. The number of likely N-dealkylation sites (tertiary alicyclic amines) is 1. The van der Waals surface area contributed by atoms with E-state index < -0.39 is 0 Å². The Hall–Kier alpha value is -0.820. The van der Waals surface area contributed by atoms with Gasteiger partial charge in [0.15, 0.2) is 0 Å². The van der Waals surface area contributed by atoms with Crippen molar-refractivity contribution in [2.45, 2.75) is 39.0 Å². The van der Waals surface area contributed by atoms with Crippen molar-refractivity contribution < 1.29 is 0 Å². The van der Waals surface area contributed by atoms with Crippen LogP contribution in [-0.2, 0) is 6.42 Å². The van der Waals surface area contributed by atoms with Gasteiger partial charge in [0.05, 0.1) is 0 Å². The summed E-state index contributed by atoms with van der Waals surface area (Å²) < 4.78 is 0. The summed E-state index contributed by atoms with van der Waals surface area (Å²) in [5.41, 5.74) is 2.93. The third-order valence-electron chi connectivity index (χ3n) is 3.56. The van der Waals surface area contributed by atoms with Crippen LogP contribution in [0.2, 0.25) is 0 Å². The van der Waals surface area contributed by atoms with Gasteiger partial charge in [-0.15, -0.1) is 0 Å². The molecule has 1 heteroatoms. The topological polar surface area (TPSA) is 3.24 Å². The maximum atomic E-state index is 2.58. The molecule has 1 aliphatic rings. The Morgan fingerprint density at radius 2 is 1.69 bits per heavy atom. The molecule has 16 heavy (non-hydrogen) atoms. The van der Waals surface area contributed by atoms with Crippen molar-refractivity contribution in [1.82, 2.24) is 4.90 Å². The van der Waals surface area contributed by atoms with Crippen LogP contribution < -0.4 is 0 Å². The molecule has 1 fully saturated rings. The molecule has 0 radical (unpaired) electrons. The summed E-state index contributed by atoms with van der Waals surface area (Å²) in [5.74, 6) is 0.646. The van der Waals surface area contributed by atoms with Crippen molar-refractivity contribution in [1.29, 1.82) is 0 Å². The zero-order valence-electron chi connectivity index (χ0n) is 10.6. The van der Waals surface area contributed by atoms with Gasteiger partial charge < -0.3 is 4.90 Å². The molecule has 0 spiro atoms. The molecule has 0 unspecified atom stereocenters. The summed E-state index contributed by atoms with van der Waals surface area (Å²) >= 11 is 0. The van der Waals surface area contributed by atoms with Gasteiger partial charge in [-0.2, -0.15) is 0 Å². The summed E-state index contributed by atoms with van der Waals surface area (Å²) in [4.78, 5) is 2.58. The molecule has 0 bridgehead atoms. The Balaban J connectivity index is 1.84. The second-order valence-corrected chi connectivity index (χ2v) is 5.20. The van der Waals surface area contributed by atoms with Gasteiger partial charge in [-0.05, 0) is 49.4 Å². The van der Waals surface area contributed by atoms with Crippen LogP contribution in [0.3, 0.4) is 0 Å². The van der Waals surface area contributed by atoms with E-state index in [0.717, 1.165) is 0 Å². The third-order valence-corrected chi connectivity index (χ3v) is 3.56. The molecule has 0 atom stereocenters. The van der Waals surface area contributed by atoms with Crippen LogP contribution in [-0.4, -0.2) is 24.5 Å². The van der Waals surface area contributed by atoms with E-state index >= 15 is 0 Å². The first-order valence-electron chi connectivity index (χ1n) is 6.57. The van der Waals surface area contributed by atoms with E-state index in [1.54, 1.807) is 0 Å². The summed E-state index contributed by atoms with van der Waals surface area (Å²) in [6, 6.07) is 9.16. The van der Waals surface area contributed by atoms with Gasteiger partial charge in [0.1, 0.15) is 0 Å². The molecule has 1 aromatic rings. The third kappa shape index (κ3) is 3.08. The van der Waals surface area contributed by atoms with Crippen LogP contribution in [0.25, 0.3) is 0 Å². The van der Waals surface area contributed by atoms with E-state index in [1.807, 2.05) is 0 Å². The quantitative estimate of drug-likeness (QED) is 0.746. The van der Waals surface area contributed by atoms with Gasteiger partial charge in [-0.25, -0.2) is 0 Å². The second kappa shape index (κ2) is 5.49. The number of benzene rings is 1. The van der Waals surface area contributed by atoms with Crippen LogP contribution in [0.5, 0.6) is 0 Å². The first kappa shape index (κ1) is 11.7. The SMILES string of the molecule is CC(C)c1ccc(CCN2CCCC2)cc1.